The molecule has 0 bridgehead atoms. The summed E-state index contributed by atoms with van der Waals surface area (Å²) in [7, 11) is 0. The first-order chi connectivity index (χ1) is 9.43. The number of aryl methyl sites for hydroxylation is 1. The van der Waals surface area contributed by atoms with Crippen LogP contribution >= 0.6 is 43.2 Å². The standard InChI is InChI=1S/C13H12Br2F2N2S/c1-6-4-11(20-13(6)15)10(19-18)5-7-9(16)3-2-8(14)12(7)17/h2-4,10,19H,5,18H2,1H3. The van der Waals surface area contributed by atoms with Gasteiger partial charge in [0.2, 0.25) is 0 Å². The molecule has 7 heteroatoms. The summed E-state index contributed by atoms with van der Waals surface area (Å²) in [5.74, 6) is 4.38. The third kappa shape index (κ3) is 3.28. The molecule has 108 valence electrons. The largest absolute Gasteiger partial charge is 0.271 e. The third-order valence-corrected chi connectivity index (χ3v) is 5.83. The molecule has 1 unspecified atom stereocenters. The number of hydrogen-bond donors (Lipinski definition) is 2. The predicted molar refractivity (Wildman–Crippen MR) is 84.6 cm³/mol. The van der Waals surface area contributed by atoms with E-state index in [0.717, 1.165) is 14.2 Å². The van der Waals surface area contributed by atoms with Crippen LogP contribution in [0.3, 0.4) is 0 Å². The van der Waals surface area contributed by atoms with E-state index in [4.69, 9.17) is 5.84 Å². The van der Waals surface area contributed by atoms with Crippen molar-refractivity contribution >= 4 is 43.2 Å². The van der Waals surface area contributed by atoms with Crippen molar-refractivity contribution in [3.63, 3.8) is 0 Å². The number of rotatable bonds is 4. The number of halogens is 4. The molecule has 20 heavy (non-hydrogen) atoms. The second-order valence-electron chi connectivity index (χ2n) is 4.35. The minimum Gasteiger partial charge on any atom is -0.271 e. The Labute approximate surface area is 136 Å². The van der Waals surface area contributed by atoms with Gasteiger partial charge in [-0.25, -0.2) is 8.78 Å². The van der Waals surface area contributed by atoms with Gasteiger partial charge in [-0.1, -0.05) is 0 Å². The van der Waals surface area contributed by atoms with E-state index in [1.165, 1.54) is 23.5 Å². The molecule has 1 heterocycles. The molecule has 0 aliphatic carbocycles. The molecule has 0 aliphatic heterocycles. The van der Waals surface area contributed by atoms with Crippen molar-refractivity contribution in [3.05, 3.63) is 54.1 Å². The van der Waals surface area contributed by atoms with Crippen LogP contribution in [0.15, 0.2) is 26.5 Å². The fourth-order valence-corrected chi connectivity index (χ4v) is 3.86. The second kappa shape index (κ2) is 6.62. The van der Waals surface area contributed by atoms with E-state index in [1.54, 1.807) is 0 Å². The molecule has 1 atom stereocenters. The molecule has 0 radical (unpaired) electrons. The van der Waals surface area contributed by atoms with Crippen LogP contribution in [-0.4, -0.2) is 0 Å². The molecular weight excluding hydrogens is 414 g/mol. The summed E-state index contributed by atoms with van der Waals surface area (Å²) < 4.78 is 29.0. The molecule has 2 rings (SSSR count). The Morgan fingerprint density at radius 3 is 2.60 bits per heavy atom. The Kier molecular flexibility index (Phi) is 5.30. The maximum atomic E-state index is 14.0. The van der Waals surface area contributed by atoms with Crippen molar-refractivity contribution in [2.45, 2.75) is 19.4 Å². The van der Waals surface area contributed by atoms with Crippen LogP contribution in [0.2, 0.25) is 0 Å². The lowest BCUT2D eigenvalue weighted by Crippen LogP contribution is -2.29. The topological polar surface area (TPSA) is 38.0 Å². The highest BCUT2D eigenvalue weighted by molar-refractivity contribution is 9.11. The average molecular weight is 426 g/mol. The Morgan fingerprint density at radius 2 is 2.05 bits per heavy atom. The average Bonchev–Trinajstić information content (AvgIpc) is 2.74. The number of thiophene rings is 1. The normalized spacial score (nSPS) is 12.7. The maximum absolute atomic E-state index is 14.0. The highest BCUT2D eigenvalue weighted by Gasteiger charge is 2.20. The highest BCUT2D eigenvalue weighted by atomic mass is 79.9. The molecule has 1 aromatic carbocycles. The Hall–Kier alpha value is -0.340. The van der Waals surface area contributed by atoms with Gasteiger partial charge in [0.1, 0.15) is 11.6 Å². The monoisotopic (exact) mass is 424 g/mol. The summed E-state index contributed by atoms with van der Waals surface area (Å²) in [5.41, 5.74) is 3.71. The minimum atomic E-state index is -0.586. The lowest BCUT2D eigenvalue weighted by Gasteiger charge is -2.15. The summed E-state index contributed by atoms with van der Waals surface area (Å²) in [6.45, 7) is 1.96. The number of hydrogen-bond acceptors (Lipinski definition) is 3. The predicted octanol–water partition coefficient (Wildman–Crippen LogP) is 4.61. The highest BCUT2D eigenvalue weighted by Crippen LogP contribution is 2.34. The fourth-order valence-electron chi connectivity index (χ4n) is 1.86. The smallest absolute Gasteiger partial charge is 0.143 e. The summed E-state index contributed by atoms with van der Waals surface area (Å²) in [6.07, 6.45) is 0.139. The van der Waals surface area contributed by atoms with Gasteiger partial charge in [0.05, 0.1) is 14.3 Å². The van der Waals surface area contributed by atoms with Gasteiger partial charge in [0.25, 0.3) is 0 Å². The van der Waals surface area contributed by atoms with Crippen molar-refractivity contribution in [2.24, 2.45) is 5.84 Å². The van der Waals surface area contributed by atoms with Crippen LogP contribution in [0.1, 0.15) is 22.0 Å². The zero-order valence-corrected chi connectivity index (χ0v) is 14.5. The van der Waals surface area contributed by atoms with Crippen LogP contribution in [0.25, 0.3) is 0 Å². The van der Waals surface area contributed by atoms with Crippen LogP contribution in [0.4, 0.5) is 8.78 Å². The van der Waals surface area contributed by atoms with Gasteiger partial charge in [0, 0.05) is 10.4 Å². The Balaban J connectivity index is 2.34. The Morgan fingerprint density at radius 1 is 1.35 bits per heavy atom. The van der Waals surface area contributed by atoms with Gasteiger partial charge < -0.3 is 0 Å². The van der Waals surface area contributed by atoms with Crippen molar-refractivity contribution in [1.29, 1.82) is 0 Å². The molecule has 0 aliphatic rings. The maximum Gasteiger partial charge on any atom is 0.143 e. The van der Waals surface area contributed by atoms with E-state index in [9.17, 15) is 8.78 Å². The van der Waals surface area contributed by atoms with Gasteiger partial charge in [-0.3, -0.25) is 11.3 Å². The molecule has 3 N–H and O–H groups in total. The first-order valence-electron chi connectivity index (χ1n) is 5.78. The van der Waals surface area contributed by atoms with Crippen molar-refractivity contribution in [1.82, 2.24) is 5.43 Å². The zero-order chi connectivity index (χ0) is 14.9. The minimum absolute atomic E-state index is 0.0181. The fraction of sp³-hybridized carbons (Fsp3) is 0.231. The van der Waals surface area contributed by atoms with Gasteiger partial charge >= 0.3 is 0 Å². The SMILES string of the molecule is Cc1cc(C(Cc2c(F)ccc(Br)c2F)NN)sc1Br. The summed E-state index contributed by atoms with van der Waals surface area (Å²) in [4.78, 5) is 0.927. The number of hydrazine groups is 1. The van der Waals surface area contributed by atoms with Crippen molar-refractivity contribution in [3.8, 4) is 0 Å². The molecule has 0 amide bonds. The van der Waals surface area contributed by atoms with Gasteiger partial charge in [-0.15, -0.1) is 11.3 Å². The van der Waals surface area contributed by atoms with E-state index in [-0.39, 0.29) is 22.5 Å². The van der Waals surface area contributed by atoms with E-state index < -0.39 is 11.6 Å². The van der Waals surface area contributed by atoms with Crippen LogP contribution < -0.4 is 11.3 Å². The molecule has 0 fully saturated rings. The summed E-state index contributed by atoms with van der Waals surface area (Å²) in [5, 5.41) is 0. The zero-order valence-electron chi connectivity index (χ0n) is 10.5. The lowest BCUT2D eigenvalue weighted by atomic mass is 10.0. The Bertz CT molecular complexity index is 612. The number of nitrogens with one attached hydrogen (secondary N) is 1. The quantitative estimate of drug-likeness (QED) is 0.426. The van der Waals surface area contributed by atoms with Crippen LogP contribution in [0.5, 0.6) is 0 Å². The number of nitrogens with two attached hydrogens (primary N) is 1. The summed E-state index contributed by atoms with van der Waals surface area (Å²) in [6, 6.07) is 4.20. The molecule has 0 spiro atoms. The van der Waals surface area contributed by atoms with Crippen LogP contribution in [0, 0.1) is 18.6 Å². The van der Waals surface area contributed by atoms with Gasteiger partial charge in [0.15, 0.2) is 0 Å². The summed E-state index contributed by atoms with van der Waals surface area (Å²) >= 11 is 8.00. The molecule has 1 aromatic heterocycles. The molecule has 2 aromatic rings. The van der Waals surface area contributed by atoms with Gasteiger partial charge in [-0.2, -0.15) is 0 Å². The van der Waals surface area contributed by atoms with E-state index >= 15 is 0 Å². The van der Waals surface area contributed by atoms with Crippen LogP contribution in [-0.2, 0) is 6.42 Å². The number of benzene rings is 1. The second-order valence-corrected chi connectivity index (χ2v) is 7.61. The van der Waals surface area contributed by atoms with Crippen molar-refractivity contribution < 1.29 is 8.78 Å². The first kappa shape index (κ1) is 16.0. The first-order valence-corrected chi connectivity index (χ1v) is 8.18. The van der Waals surface area contributed by atoms with Gasteiger partial charge in [-0.05, 0) is 69.0 Å². The van der Waals surface area contributed by atoms with E-state index in [2.05, 4.69) is 37.3 Å². The molecular formula is C13H12Br2F2N2S. The lowest BCUT2D eigenvalue weighted by molar-refractivity contribution is 0.502. The van der Waals surface area contributed by atoms with E-state index in [1.807, 2.05) is 13.0 Å². The van der Waals surface area contributed by atoms with Crippen molar-refractivity contribution in [2.75, 3.05) is 0 Å². The molecule has 2 nitrogen and oxygen atoms in total. The van der Waals surface area contributed by atoms with E-state index in [0.29, 0.717) is 0 Å². The molecule has 0 saturated carbocycles. The third-order valence-electron chi connectivity index (χ3n) is 2.97. The molecule has 0 saturated heterocycles.